The molecule has 0 aromatic carbocycles. The first kappa shape index (κ1) is 9.01. The van der Waals surface area contributed by atoms with Gasteiger partial charge >= 0.3 is 17.1 Å². The Morgan fingerprint density at radius 3 is 1.75 bits per heavy atom. The topological polar surface area (TPSA) is 37.3 Å². The van der Waals surface area contributed by atoms with E-state index in [1.807, 2.05) is 0 Å². The van der Waals surface area contributed by atoms with Gasteiger partial charge in [0.2, 0.25) is 0 Å². The minimum Gasteiger partial charge on any atom is -0.483 e. The van der Waals surface area contributed by atoms with Gasteiger partial charge in [0.05, 0.1) is 0 Å². The second kappa shape index (κ2) is 12.1. The van der Waals surface area contributed by atoms with E-state index in [1.165, 1.54) is 0 Å². The molecular formula is CH2CuO2+. The van der Waals surface area contributed by atoms with Crippen LogP contribution in [0.4, 0.5) is 0 Å². The van der Waals surface area contributed by atoms with Gasteiger partial charge in [-0.3, -0.25) is 4.79 Å². The summed E-state index contributed by atoms with van der Waals surface area (Å²) in [7, 11) is 0. The molecule has 0 heterocycles. The second-order valence-electron chi connectivity index (χ2n) is 0.105. The summed E-state index contributed by atoms with van der Waals surface area (Å²) in [5.41, 5.74) is 0. The van der Waals surface area contributed by atoms with Crippen LogP contribution in [0.3, 0.4) is 0 Å². The molecular weight excluding hydrogens is 108 g/mol. The van der Waals surface area contributed by atoms with Crippen molar-refractivity contribution in [2.45, 2.75) is 0 Å². The summed E-state index contributed by atoms with van der Waals surface area (Å²) in [4.78, 5) is 8.36. The normalized spacial score (nSPS) is 3.00. The molecule has 0 atom stereocenters. The molecule has 3 heteroatoms. The Bertz CT molecular complexity index is 13.5. The van der Waals surface area contributed by atoms with Crippen molar-refractivity contribution >= 4 is 6.47 Å². The minimum atomic E-state index is -0.250. The third-order valence-electron chi connectivity index (χ3n) is 0. The molecule has 0 unspecified atom stereocenters. The zero-order valence-electron chi connectivity index (χ0n) is 1.73. The van der Waals surface area contributed by atoms with Gasteiger partial charge in [-0.05, 0) is 0 Å². The molecule has 0 saturated carbocycles. The van der Waals surface area contributed by atoms with Crippen LogP contribution < -0.4 is 0 Å². The van der Waals surface area contributed by atoms with Crippen molar-refractivity contribution < 1.29 is 27.0 Å². The Kier molecular flexibility index (Phi) is 27.2. The van der Waals surface area contributed by atoms with E-state index in [0.29, 0.717) is 0 Å². The summed E-state index contributed by atoms with van der Waals surface area (Å²) < 4.78 is 0. The molecule has 0 radical (unpaired) electrons. The maximum atomic E-state index is 8.36. The van der Waals surface area contributed by atoms with E-state index >= 15 is 0 Å². The van der Waals surface area contributed by atoms with Gasteiger partial charge in [-0.2, -0.15) is 0 Å². The van der Waals surface area contributed by atoms with Crippen molar-refractivity contribution in [1.82, 2.24) is 0 Å². The fraction of sp³-hybridized carbons (Fsp3) is 0. The van der Waals surface area contributed by atoms with Crippen LogP contribution in [0.1, 0.15) is 0 Å². The van der Waals surface area contributed by atoms with Gasteiger partial charge in [-0.25, -0.2) is 0 Å². The van der Waals surface area contributed by atoms with Crippen molar-refractivity contribution in [3.05, 3.63) is 0 Å². The molecule has 0 spiro atoms. The molecule has 0 aromatic heterocycles. The van der Waals surface area contributed by atoms with Crippen LogP contribution in [0, 0.1) is 0 Å². The average Bonchev–Trinajstić information content (AvgIpc) is 0.918. The van der Waals surface area contributed by atoms with Crippen LogP contribution >= 0.6 is 0 Å². The van der Waals surface area contributed by atoms with E-state index in [-0.39, 0.29) is 23.5 Å². The largest absolute Gasteiger partial charge is 1.00 e. The minimum absolute atomic E-state index is 0. The van der Waals surface area contributed by atoms with Gasteiger partial charge < -0.3 is 5.11 Å². The van der Waals surface area contributed by atoms with Gasteiger partial charge in [-0.15, -0.1) is 0 Å². The van der Waals surface area contributed by atoms with Crippen LogP contribution in [0.25, 0.3) is 0 Å². The van der Waals surface area contributed by atoms with Crippen molar-refractivity contribution in [3.8, 4) is 0 Å². The first-order chi connectivity index (χ1) is 1.41. The van der Waals surface area contributed by atoms with Crippen LogP contribution in [-0.2, 0) is 21.9 Å². The average molecular weight is 110 g/mol. The van der Waals surface area contributed by atoms with Crippen molar-refractivity contribution in [2.24, 2.45) is 0 Å². The number of carbonyl (C=O) groups is 1. The predicted molar refractivity (Wildman–Crippen MR) is 8.69 cm³/mol. The molecule has 0 aliphatic carbocycles. The molecule has 0 aromatic rings. The van der Waals surface area contributed by atoms with Gasteiger partial charge in [0.25, 0.3) is 6.47 Å². The maximum Gasteiger partial charge on any atom is 1.00 e. The molecule has 0 amide bonds. The van der Waals surface area contributed by atoms with E-state index in [1.54, 1.807) is 0 Å². The molecule has 4 heavy (non-hydrogen) atoms. The molecule has 2 nitrogen and oxygen atoms in total. The number of carboxylic acid groups (broad SMARTS) is 1. The molecule has 28 valence electrons. The number of hydrogen-bond donors (Lipinski definition) is 1. The molecule has 0 bridgehead atoms. The quantitative estimate of drug-likeness (QED) is 0.343. The van der Waals surface area contributed by atoms with Crippen LogP contribution in [0.5, 0.6) is 0 Å². The second-order valence-corrected chi connectivity index (χ2v) is 0.105. The summed E-state index contributed by atoms with van der Waals surface area (Å²) in [6.45, 7) is -0.250. The van der Waals surface area contributed by atoms with E-state index in [2.05, 4.69) is 0 Å². The summed E-state index contributed by atoms with van der Waals surface area (Å²) in [6.07, 6.45) is 0. The van der Waals surface area contributed by atoms with Gasteiger partial charge in [0, 0.05) is 0 Å². The summed E-state index contributed by atoms with van der Waals surface area (Å²) in [5.74, 6) is 0. The SMILES string of the molecule is O=CO.[Cu+]. The van der Waals surface area contributed by atoms with Crippen LogP contribution in [0.2, 0.25) is 0 Å². The monoisotopic (exact) mass is 109 g/mol. The van der Waals surface area contributed by atoms with E-state index in [9.17, 15) is 0 Å². The predicted octanol–water partition coefficient (Wildman–Crippen LogP) is -0.302. The van der Waals surface area contributed by atoms with Crippen molar-refractivity contribution in [2.75, 3.05) is 0 Å². The Morgan fingerprint density at radius 1 is 1.75 bits per heavy atom. The Morgan fingerprint density at radius 2 is 1.75 bits per heavy atom. The van der Waals surface area contributed by atoms with E-state index < -0.39 is 0 Å². The number of rotatable bonds is 0. The molecule has 0 saturated heterocycles. The Labute approximate surface area is 34.3 Å². The first-order valence-electron chi connectivity index (χ1n) is 0.494. The molecule has 0 aliphatic rings. The summed E-state index contributed by atoms with van der Waals surface area (Å²) >= 11 is 0. The van der Waals surface area contributed by atoms with Crippen LogP contribution in [-0.4, -0.2) is 11.6 Å². The molecule has 0 aliphatic heterocycles. The Balaban J connectivity index is 0. The third kappa shape index (κ3) is 17600. The van der Waals surface area contributed by atoms with E-state index in [0.717, 1.165) is 0 Å². The summed E-state index contributed by atoms with van der Waals surface area (Å²) in [6, 6.07) is 0. The fourth-order valence-electron chi connectivity index (χ4n) is 0. The third-order valence-corrected chi connectivity index (χ3v) is 0. The van der Waals surface area contributed by atoms with Gasteiger partial charge in [0.1, 0.15) is 0 Å². The maximum absolute atomic E-state index is 8.36. The fourth-order valence-corrected chi connectivity index (χ4v) is 0. The zero-order chi connectivity index (χ0) is 2.71. The zero-order valence-corrected chi connectivity index (χ0v) is 2.68. The first-order valence-corrected chi connectivity index (χ1v) is 0.494. The standard InChI is InChI=1S/CH2O2.Cu/c2-1-3;/h1H,(H,2,3);/q;+1. The molecule has 1 N–H and O–H groups in total. The van der Waals surface area contributed by atoms with E-state index in [4.69, 9.17) is 9.90 Å². The summed E-state index contributed by atoms with van der Waals surface area (Å²) in [5, 5.41) is 6.89. The smallest absolute Gasteiger partial charge is 0.483 e. The van der Waals surface area contributed by atoms with Gasteiger partial charge in [-0.1, -0.05) is 0 Å². The molecule has 0 fully saturated rings. The van der Waals surface area contributed by atoms with Crippen molar-refractivity contribution in [1.29, 1.82) is 0 Å². The van der Waals surface area contributed by atoms with Crippen LogP contribution in [0.15, 0.2) is 0 Å². The van der Waals surface area contributed by atoms with Gasteiger partial charge in [0.15, 0.2) is 0 Å². The Hall–Kier alpha value is -0.0105. The number of hydrogen-bond acceptors (Lipinski definition) is 1. The molecule has 0 rings (SSSR count). The van der Waals surface area contributed by atoms with Crippen molar-refractivity contribution in [3.63, 3.8) is 0 Å².